The van der Waals surface area contributed by atoms with Crippen LogP contribution < -0.4 is 11.1 Å². The molecule has 0 bridgehead atoms. The van der Waals surface area contributed by atoms with Crippen molar-refractivity contribution in [1.82, 2.24) is 4.90 Å². The highest BCUT2D eigenvalue weighted by atomic mass is 79.9. The molecule has 14 heavy (non-hydrogen) atoms. The molecule has 1 aromatic carbocycles. The Balaban J connectivity index is 2.54. The average molecular weight is 258 g/mol. The van der Waals surface area contributed by atoms with Crippen LogP contribution >= 0.6 is 15.9 Å². The van der Waals surface area contributed by atoms with Crippen molar-refractivity contribution in [3.8, 4) is 0 Å². The van der Waals surface area contributed by atoms with Crippen molar-refractivity contribution in [2.24, 2.45) is 0 Å². The second-order valence-electron chi connectivity index (χ2n) is 3.43. The number of halogens is 1. The maximum atomic E-state index is 5.88. The molecule has 3 N–H and O–H groups in total. The van der Waals surface area contributed by atoms with Crippen molar-refractivity contribution in [3.63, 3.8) is 0 Å². The summed E-state index contributed by atoms with van der Waals surface area (Å²) in [4.78, 5) is 2.13. The van der Waals surface area contributed by atoms with Crippen molar-refractivity contribution >= 4 is 27.3 Å². The lowest BCUT2D eigenvalue weighted by Crippen LogP contribution is -2.21. The van der Waals surface area contributed by atoms with Gasteiger partial charge in [-0.1, -0.05) is 6.07 Å². The number of nitrogens with one attached hydrogen (secondary N) is 1. The van der Waals surface area contributed by atoms with Crippen molar-refractivity contribution in [3.05, 3.63) is 22.7 Å². The highest BCUT2D eigenvalue weighted by molar-refractivity contribution is 9.10. The molecule has 0 atom stereocenters. The van der Waals surface area contributed by atoms with Crippen molar-refractivity contribution in [2.75, 3.05) is 38.2 Å². The summed E-state index contributed by atoms with van der Waals surface area (Å²) in [5.74, 6) is 0. The standard InChI is InChI=1S/C10H16BrN3/c1-14(2)7-6-13-9-5-3-4-8(11)10(9)12/h3-5,13H,6-7,12H2,1-2H3. The van der Waals surface area contributed by atoms with E-state index in [1.165, 1.54) is 0 Å². The largest absolute Gasteiger partial charge is 0.396 e. The highest BCUT2D eigenvalue weighted by Crippen LogP contribution is 2.26. The quantitative estimate of drug-likeness (QED) is 0.812. The number of hydrogen-bond donors (Lipinski definition) is 2. The molecule has 4 heteroatoms. The molecule has 0 saturated carbocycles. The van der Waals surface area contributed by atoms with Crippen LogP contribution in [0.1, 0.15) is 0 Å². The number of benzene rings is 1. The van der Waals surface area contributed by atoms with Crippen LogP contribution in [-0.2, 0) is 0 Å². The Morgan fingerprint density at radius 2 is 2.14 bits per heavy atom. The molecular weight excluding hydrogens is 242 g/mol. The summed E-state index contributed by atoms with van der Waals surface area (Å²) in [6.07, 6.45) is 0. The fraction of sp³-hybridized carbons (Fsp3) is 0.400. The molecule has 0 heterocycles. The number of anilines is 2. The first kappa shape index (κ1) is 11.3. The first-order valence-electron chi connectivity index (χ1n) is 4.54. The number of likely N-dealkylation sites (N-methyl/N-ethyl adjacent to an activating group) is 1. The normalized spacial score (nSPS) is 10.6. The first-order valence-corrected chi connectivity index (χ1v) is 5.33. The Morgan fingerprint density at radius 3 is 2.79 bits per heavy atom. The van der Waals surface area contributed by atoms with Crippen molar-refractivity contribution in [2.45, 2.75) is 0 Å². The number of hydrogen-bond acceptors (Lipinski definition) is 3. The molecule has 0 spiro atoms. The molecule has 0 aliphatic carbocycles. The van der Waals surface area contributed by atoms with Gasteiger partial charge in [0.05, 0.1) is 11.4 Å². The van der Waals surface area contributed by atoms with E-state index in [0.717, 1.165) is 28.9 Å². The van der Waals surface area contributed by atoms with Crippen LogP contribution in [0.3, 0.4) is 0 Å². The van der Waals surface area contributed by atoms with Gasteiger partial charge in [0.1, 0.15) is 0 Å². The van der Waals surface area contributed by atoms with Crippen LogP contribution in [0.4, 0.5) is 11.4 Å². The minimum Gasteiger partial charge on any atom is -0.396 e. The molecule has 0 aliphatic rings. The van der Waals surface area contributed by atoms with E-state index in [0.29, 0.717) is 0 Å². The van der Waals surface area contributed by atoms with E-state index in [2.05, 4.69) is 26.1 Å². The number of nitrogens with two attached hydrogens (primary N) is 1. The molecule has 0 fully saturated rings. The Kier molecular flexibility index (Phi) is 4.22. The third-order valence-electron chi connectivity index (χ3n) is 1.93. The molecule has 0 amide bonds. The minimum atomic E-state index is 0.770. The zero-order valence-electron chi connectivity index (χ0n) is 8.55. The summed E-state index contributed by atoms with van der Waals surface area (Å²) in [7, 11) is 4.10. The van der Waals surface area contributed by atoms with Gasteiger partial charge in [-0.15, -0.1) is 0 Å². The molecule has 0 aliphatic heterocycles. The van der Waals surface area contributed by atoms with Crippen LogP contribution in [0.15, 0.2) is 22.7 Å². The second kappa shape index (κ2) is 5.22. The zero-order chi connectivity index (χ0) is 10.6. The van der Waals surface area contributed by atoms with Crippen LogP contribution in [0, 0.1) is 0 Å². The Morgan fingerprint density at radius 1 is 1.43 bits per heavy atom. The van der Waals surface area contributed by atoms with E-state index < -0.39 is 0 Å². The SMILES string of the molecule is CN(C)CCNc1cccc(Br)c1N. The van der Waals surface area contributed by atoms with E-state index >= 15 is 0 Å². The molecule has 0 saturated heterocycles. The Hall–Kier alpha value is -0.740. The summed E-state index contributed by atoms with van der Waals surface area (Å²) >= 11 is 3.39. The predicted molar refractivity (Wildman–Crippen MR) is 65.6 cm³/mol. The number of para-hydroxylation sites is 1. The van der Waals surface area contributed by atoms with Crippen molar-refractivity contribution < 1.29 is 0 Å². The van der Waals surface area contributed by atoms with E-state index in [9.17, 15) is 0 Å². The third-order valence-corrected chi connectivity index (χ3v) is 2.62. The van der Waals surface area contributed by atoms with Gasteiger partial charge < -0.3 is 16.0 Å². The fourth-order valence-corrected chi connectivity index (χ4v) is 1.47. The number of rotatable bonds is 4. The van der Waals surface area contributed by atoms with Crippen LogP contribution in [0.25, 0.3) is 0 Å². The first-order chi connectivity index (χ1) is 6.61. The van der Waals surface area contributed by atoms with Crippen molar-refractivity contribution in [1.29, 1.82) is 0 Å². The van der Waals surface area contributed by atoms with Gasteiger partial charge in [-0.05, 0) is 42.2 Å². The molecule has 78 valence electrons. The number of nitrogens with zero attached hydrogens (tertiary/aromatic N) is 1. The van der Waals surface area contributed by atoms with Crippen LogP contribution in [-0.4, -0.2) is 32.1 Å². The van der Waals surface area contributed by atoms with Gasteiger partial charge in [-0.3, -0.25) is 0 Å². The predicted octanol–water partition coefficient (Wildman–Crippen LogP) is 2.00. The zero-order valence-corrected chi connectivity index (χ0v) is 10.1. The minimum absolute atomic E-state index is 0.770. The summed E-state index contributed by atoms with van der Waals surface area (Å²) in [5.41, 5.74) is 7.63. The third kappa shape index (κ3) is 3.20. The van der Waals surface area contributed by atoms with E-state index in [4.69, 9.17) is 5.73 Å². The molecule has 1 rings (SSSR count). The van der Waals surface area contributed by atoms with Crippen LogP contribution in [0.5, 0.6) is 0 Å². The second-order valence-corrected chi connectivity index (χ2v) is 4.29. The lowest BCUT2D eigenvalue weighted by molar-refractivity contribution is 0.425. The lowest BCUT2D eigenvalue weighted by Gasteiger charge is -2.13. The summed E-state index contributed by atoms with van der Waals surface area (Å²) in [5, 5.41) is 3.29. The van der Waals surface area contributed by atoms with Crippen LogP contribution in [0.2, 0.25) is 0 Å². The fourth-order valence-electron chi connectivity index (χ4n) is 1.11. The monoisotopic (exact) mass is 257 g/mol. The smallest absolute Gasteiger partial charge is 0.0694 e. The topological polar surface area (TPSA) is 41.3 Å². The molecule has 0 radical (unpaired) electrons. The summed E-state index contributed by atoms with van der Waals surface area (Å²) in [6.45, 7) is 1.89. The average Bonchev–Trinajstić information content (AvgIpc) is 2.12. The van der Waals surface area contributed by atoms with Gasteiger partial charge in [-0.2, -0.15) is 0 Å². The Bertz CT molecular complexity index is 299. The summed E-state index contributed by atoms with van der Waals surface area (Å²) < 4.78 is 0.937. The van der Waals surface area contributed by atoms with E-state index in [1.807, 2.05) is 32.3 Å². The maximum absolute atomic E-state index is 5.88. The van der Waals surface area contributed by atoms with Gasteiger partial charge >= 0.3 is 0 Å². The van der Waals surface area contributed by atoms with Gasteiger partial charge in [0.15, 0.2) is 0 Å². The number of nitrogen functional groups attached to an aromatic ring is 1. The van der Waals surface area contributed by atoms with E-state index in [1.54, 1.807) is 0 Å². The lowest BCUT2D eigenvalue weighted by atomic mass is 10.2. The molecule has 3 nitrogen and oxygen atoms in total. The maximum Gasteiger partial charge on any atom is 0.0694 e. The molecular formula is C10H16BrN3. The molecule has 1 aromatic rings. The van der Waals surface area contributed by atoms with Gasteiger partial charge in [-0.25, -0.2) is 0 Å². The molecule has 0 unspecified atom stereocenters. The van der Waals surface area contributed by atoms with Gasteiger partial charge in [0.2, 0.25) is 0 Å². The molecule has 0 aromatic heterocycles. The highest BCUT2D eigenvalue weighted by Gasteiger charge is 2.01. The van der Waals surface area contributed by atoms with E-state index in [-0.39, 0.29) is 0 Å². The summed E-state index contributed by atoms with van der Waals surface area (Å²) in [6, 6.07) is 5.89. The van der Waals surface area contributed by atoms with Gasteiger partial charge in [0.25, 0.3) is 0 Å². The Labute approximate surface area is 93.4 Å². The van der Waals surface area contributed by atoms with Gasteiger partial charge in [0, 0.05) is 17.6 Å².